The second kappa shape index (κ2) is 8.39. The van der Waals surface area contributed by atoms with Crippen LogP contribution in [0.5, 0.6) is 0 Å². The van der Waals surface area contributed by atoms with Gasteiger partial charge in [-0.15, -0.1) is 0 Å². The number of carbonyl (C=O) groups is 1. The number of hydrogen-bond donors (Lipinski definition) is 0. The summed E-state index contributed by atoms with van der Waals surface area (Å²) in [5, 5.41) is 4.78. The third kappa shape index (κ3) is 4.39. The number of carbonyl (C=O) groups excluding carboxylic acids is 1. The highest BCUT2D eigenvalue weighted by molar-refractivity contribution is 7.91. The molecule has 2 fully saturated rings. The first kappa shape index (κ1) is 20.7. The number of amides is 1. The lowest BCUT2D eigenvalue weighted by Crippen LogP contribution is -2.41. The van der Waals surface area contributed by atoms with E-state index in [2.05, 4.69) is 0 Å². The first-order chi connectivity index (χ1) is 15.5. The van der Waals surface area contributed by atoms with Gasteiger partial charge >= 0.3 is 0 Å². The highest BCUT2D eigenvalue weighted by Crippen LogP contribution is 2.33. The molecule has 164 valence electrons. The van der Waals surface area contributed by atoms with Gasteiger partial charge in [0.25, 0.3) is 0 Å². The first-order valence-corrected chi connectivity index (χ1v) is 12.7. The van der Waals surface area contributed by atoms with Crippen molar-refractivity contribution < 1.29 is 13.2 Å². The van der Waals surface area contributed by atoms with E-state index >= 15 is 0 Å². The van der Waals surface area contributed by atoms with E-state index < -0.39 is 9.84 Å². The fourth-order valence-electron chi connectivity index (χ4n) is 4.30. The van der Waals surface area contributed by atoms with E-state index in [1.807, 2.05) is 71.5 Å². The maximum atomic E-state index is 13.1. The van der Waals surface area contributed by atoms with Crippen molar-refractivity contribution in [3.05, 3.63) is 78.5 Å². The number of para-hydroxylation sites is 1. The summed E-state index contributed by atoms with van der Waals surface area (Å²) in [6.45, 7) is 0. The van der Waals surface area contributed by atoms with Gasteiger partial charge in [0.05, 0.1) is 22.9 Å². The van der Waals surface area contributed by atoms with E-state index in [1.54, 1.807) is 17.1 Å². The minimum absolute atomic E-state index is 0.0737. The van der Waals surface area contributed by atoms with E-state index in [4.69, 9.17) is 5.10 Å². The number of sulfone groups is 1. The quantitative estimate of drug-likeness (QED) is 0.540. The van der Waals surface area contributed by atoms with Crippen LogP contribution in [0.1, 0.15) is 24.8 Å². The summed E-state index contributed by atoms with van der Waals surface area (Å²) in [5.41, 5.74) is 3.53. The number of hydrogen-bond acceptors (Lipinski definition) is 4. The molecule has 7 heteroatoms. The third-order valence-electron chi connectivity index (χ3n) is 6.01. The highest BCUT2D eigenvalue weighted by atomic mass is 32.2. The van der Waals surface area contributed by atoms with Crippen molar-refractivity contribution in [3.63, 3.8) is 0 Å². The van der Waals surface area contributed by atoms with Crippen molar-refractivity contribution in [1.29, 1.82) is 0 Å². The Kier molecular flexibility index (Phi) is 5.43. The van der Waals surface area contributed by atoms with E-state index in [0.29, 0.717) is 6.42 Å². The molecule has 2 aromatic carbocycles. The van der Waals surface area contributed by atoms with Gasteiger partial charge in [0, 0.05) is 35.5 Å². The molecule has 3 aromatic rings. The molecule has 2 heterocycles. The minimum Gasteiger partial charge on any atom is -0.332 e. The number of aromatic nitrogens is 2. The monoisotopic (exact) mass is 447 g/mol. The Morgan fingerprint density at radius 1 is 0.969 bits per heavy atom. The molecule has 6 nitrogen and oxygen atoms in total. The van der Waals surface area contributed by atoms with Crippen LogP contribution in [0.2, 0.25) is 0 Å². The lowest BCUT2D eigenvalue weighted by Gasteiger charge is -2.27. The van der Waals surface area contributed by atoms with Crippen LogP contribution >= 0.6 is 0 Å². The van der Waals surface area contributed by atoms with Crippen LogP contribution in [-0.2, 0) is 14.6 Å². The maximum Gasteiger partial charge on any atom is 0.247 e. The van der Waals surface area contributed by atoms with Gasteiger partial charge in [0.15, 0.2) is 9.84 Å². The van der Waals surface area contributed by atoms with Gasteiger partial charge in [-0.25, -0.2) is 13.1 Å². The fourth-order valence-corrected chi connectivity index (χ4v) is 6.01. The Morgan fingerprint density at radius 3 is 2.28 bits per heavy atom. The van der Waals surface area contributed by atoms with Crippen LogP contribution < -0.4 is 0 Å². The van der Waals surface area contributed by atoms with Crippen LogP contribution in [0.25, 0.3) is 23.0 Å². The molecular weight excluding hydrogens is 422 g/mol. The molecule has 1 saturated heterocycles. The van der Waals surface area contributed by atoms with E-state index in [0.717, 1.165) is 35.3 Å². The Balaban J connectivity index is 1.46. The summed E-state index contributed by atoms with van der Waals surface area (Å²) in [6.07, 6.45) is 7.70. The summed E-state index contributed by atoms with van der Waals surface area (Å²) in [6, 6.07) is 19.7. The highest BCUT2D eigenvalue weighted by Gasteiger charge is 2.41. The lowest BCUT2D eigenvalue weighted by molar-refractivity contribution is -0.128. The predicted molar refractivity (Wildman–Crippen MR) is 125 cm³/mol. The van der Waals surface area contributed by atoms with Gasteiger partial charge in [0.1, 0.15) is 0 Å². The van der Waals surface area contributed by atoms with Crippen molar-refractivity contribution in [1.82, 2.24) is 14.7 Å². The molecule has 32 heavy (non-hydrogen) atoms. The summed E-state index contributed by atoms with van der Waals surface area (Å²) < 4.78 is 25.7. The molecule has 1 atom stereocenters. The summed E-state index contributed by atoms with van der Waals surface area (Å²) in [5.74, 6) is 0.116. The maximum absolute atomic E-state index is 13.1. The zero-order valence-corrected chi connectivity index (χ0v) is 18.5. The van der Waals surface area contributed by atoms with Gasteiger partial charge in [-0.05, 0) is 37.5 Å². The molecule has 1 aliphatic carbocycles. The van der Waals surface area contributed by atoms with E-state index in [1.165, 1.54) is 0 Å². The Morgan fingerprint density at radius 2 is 1.66 bits per heavy atom. The molecule has 0 N–H and O–H groups in total. The van der Waals surface area contributed by atoms with Gasteiger partial charge in [-0.2, -0.15) is 5.10 Å². The Hall–Kier alpha value is -3.19. The molecular formula is C25H25N3O3S. The van der Waals surface area contributed by atoms with Gasteiger partial charge in [-0.1, -0.05) is 48.5 Å². The number of nitrogens with zero attached hydrogens (tertiary/aromatic N) is 3. The SMILES string of the molecule is O=C(/C=C/c1cn(-c2ccccc2)nc1-c1ccccc1)N(C1CC1)C1CCS(=O)(=O)C1. The number of rotatable bonds is 6. The average Bonchev–Trinajstić information content (AvgIpc) is 3.43. The van der Waals surface area contributed by atoms with Crippen molar-refractivity contribution in [2.75, 3.05) is 11.5 Å². The largest absolute Gasteiger partial charge is 0.332 e. The van der Waals surface area contributed by atoms with Gasteiger partial charge in [0.2, 0.25) is 5.91 Å². The van der Waals surface area contributed by atoms with Crippen LogP contribution in [-0.4, -0.2) is 52.6 Å². The lowest BCUT2D eigenvalue weighted by atomic mass is 10.1. The smallest absolute Gasteiger partial charge is 0.247 e. The second-order valence-electron chi connectivity index (χ2n) is 8.45. The normalized spacial score (nSPS) is 19.9. The molecule has 1 amide bonds. The topological polar surface area (TPSA) is 72.3 Å². The van der Waals surface area contributed by atoms with Crippen LogP contribution in [0.3, 0.4) is 0 Å². The first-order valence-electron chi connectivity index (χ1n) is 10.9. The number of benzene rings is 2. The minimum atomic E-state index is -3.05. The average molecular weight is 448 g/mol. The second-order valence-corrected chi connectivity index (χ2v) is 10.7. The molecule has 2 aliphatic rings. The van der Waals surface area contributed by atoms with Crippen LogP contribution in [0.4, 0.5) is 0 Å². The Bertz CT molecular complexity index is 1250. The fraction of sp³-hybridized carbons (Fsp3) is 0.280. The molecule has 0 spiro atoms. The summed E-state index contributed by atoms with van der Waals surface area (Å²) in [4.78, 5) is 14.9. The summed E-state index contributed by atoms with van der Waals surface area (Å²) in [7, 11) is -3.05. The molecule has 5 rings (SSSR count). The van der Waals surface area contributed by atoms with Crippen molar-refractivity contribution in [2.24, 2.45) is 0 Å². The molecule has 1 saturated carbocycles. The molecule has 1 aliphatic heterocycles. The van der Waals surface area contributed by atoms with Crippen molar-refractivity contribution >= 4 is 21.8 Å². The Labute approximate surface area is 188 Å². The molecule has 1 aromatic heterocycles. The predicted octanol–water partition coefficient (Wildman–Crippen LogP) is 3.73. The van der Waals surface area contributed by atoms with Crippen LogP contribution in [0, 0.1) is 0 Å². The summed E-state index contributed by atoms with van der Waals surface area (Å²) >= 11 is 0. The standard InChI is InChI=1S/C25H25N3O3S/c29-24(28(22-12-13-22)23-15-16-32(30,31)18-23)14-11-20-17-27(21-9-5-2-6-10-21)26-25(20)19-7-3-1-4-8-19/h1-11,14,17,22-23H,12-13,15-16,18H2/b14-11+. The van der Waals surface area contributed by atoms with Gasteiger partial charge < -0.3 is 4.90 Å². The zero-order chi connectivity index (χ0) is 22.1. The van der Waals surface area contributed by atoms with E-state index in [9.17, 15) is 13.2 Å². The van der Waals surface area contributed by atoms with Crippen molar-refractivity contribution in [2.45, 2.75) is 31.3 Å². The third-order valence-corrected chi connectivity index (χ3v) is 7.76. The van der Waals surface area contributed by atoms with Gasteiger partial charge in [-0.3, -0.25) is 4.79 Å². The van der Waals surface area contributed by atoms with E-state index in [-0.39, 0.29) is 29.5 Å². The molecule has 0 radical (unpaired) electrons. The zero-order valence-electron chi connectivity index (χ0n) is 17.7. The molecule has 0 bridgehead atoms. The van der Waals surface area contributed by atoms with Crippen molar-refractivity contribution in [3.8, 4) is 16.9 Å². The molecule has 1 unspecified atom stereocenters. The van der Waals surface area contributed by atoms with Crippen LogP contribution in [0.15, 0.2) is 72.9 Å².